The fourth-order valence-corrected chi connectivity index (χ4v) is 3.09. The quantitative estimate of drug-likeness (QED) is 0.359. The van der Waals surface area contributed by atoms with Crippen LogP contribution in [0.25, 0.3) is 16.2 Å². The highest BCUT2D eigenvalue weighted by Gasteiger charge is 2.34. The number of carbonyl (C=O) groups is 2. The summed E-state index contributed by atoms with van der Waals surface area (Å²) in [5, 5.41) is 1.32. The molecule has 0 bridgehead atoms. The standard InChI is InChI=1S/C19H17N5O3S/c1-10-11(2)19(26)24(18(10)25)23-16-14(20-3)17(28-5)22-15(21-16)12-6-8-13(27-4)9-7-12/h6-9H,1-2,4-5H3,(H,21,22,23). The Balaban J connectivity index is 2.06. The van der Waals surface area contributed by atoms with Crippen molar-refractivity contribution in [1.29, 1.82) is 0 Å². The largest absolute Gasteiger partial charge is 0.497 e. The van der Waals surface area contributed by atoms with Crippen LogP contribution in [0.4, 0.5) is 11.5 Å². The van der Waals surface area contributed by atoms with Gasteiger partial charge in [0.25, 0.3) is 17.5 Å². The van der Waals surface area contributed by atoms with Gasteiger partial charge in [-0.15, -0.1) is 11.8 Å². The van der Waals surface area contributed by atoms with Gasteiger partial charge in [-0.1, -0.05) is 0 Å². The Bertz CT molecular complexity index is 1020. The lowest BCUT2D eigenvalue weighted by molar-refractivity contribution is -0.135. The first-order valence-corrected chi connectivity index (χ1v) is 9.44. The van der Waals surface area contributed by atoms with E-state index in [4.69, 9.17) is 11.3 Å². The second-order valence-corrected chi connectivity index (χ2v) is 6.70. The zero-order valence-electron chi connectivity index (χ0n) is 15.7. The smallest absolute Gasteiger partial charge is 0.275 e. The van der Waals surface area contributed by atoms with E-state index in [0.717, 1.165) is 5.01 Å². The van der Waals surface area contributed by atoms with Gasteiger partial charge in [0, 0.05) is 16.7 Å². The summed E-state index contributed by atoms with van der Waals surface area (Å²) in [6.07, 6.45) is 1.79. The summed E-state index contributed by atoms with van der Waals surface area (Å²) in [6, 6.07) is 7.14. The van der Waals surface area contributed by atoms with Gasteiger partial charge < -0.3 is 4.74 Å². The summed E-state index contributed by atoms with van der Waals surface area (Å²) in [4.78, 5) is 37.1. The number of aromatic nitrogens is 2. The fraction of sp³-hybridized carbons (Fsp3) is 0.211. The molecule has 0 spiro atoms. The lowest BCUT2D eigenvalue weighted by atomic mass is 10.2. The van der Waals surface area contributed by atoms with E-state index in [2.05, 4.69) is 20.2 Å². The van der Waals surface area contributed by atoms with Crippen LogP contribution in [0.1, 0.15) is 13.8 Å². The second kappa shape index (κ2) is 7.70. The average molecular weight is 395 g/mol. The number of ether oxygens (including phenoxy) is 1. The fourth-order valence-electron chi connectivity index (χ4n) is 2.58. The van der Waals surface area contributed by atoms with Crippen LogP contribution in [0, 0.1) is 6.57 Å². The van der Waals surface area contributed by atoms with Gasteiger partial charge in [0.2, 0.25) is 0 Å². The molecule has 0 saturated carbocycles. The number of nitrogens with zero attached hydrogens (tertiary/aromatic N) is 4. The number of nitrogens with one attached hydrogen (secondary N) is 1. The third-order valence-electron chi connectivity index (χ3n) is 4.33. The van der Waals surface area contributed by atoms with Gasteiger partial charge in [-0.2, -0.15) is 5.01 Å². The number of imide groups is 1. The van der Waals surface area contributed by atoms with Crippen molar-refractivity contribution in [3.05, 3.63) is 46.8 Å². The van der Waals surface area contributed by atoms with Crippen molar-refractivity contribution in [1.82, 2.24) is 15.0 Å². The number of benzene rings is 1. The van der Waals surface area contributed by atoms with Crippen LogP contribution in [0.3, 0.4) is 0 Å². The number of thioether (sulfide) groups is 1. The zero-order chi connectivity index (χ0) is 20.4. The molecular formula is C19H17N5O3S. The average Bonchev–Trinajstić information content (AvgIpc) is 2.91. The van der Waals surface area contributed by atoms with Gasteiger partial charge in [-0.05, 0) is 44.4 Å². The number of hydrogen-bond donors (Lipinski definition) is 1. The van der Waals surface area contributed by atoms with Crippen molar-refractivity contribution in [2.75, 3.05) is 18.8 Å². The molecule has 0 unspecified atom stereocenters. The van der Waals surface area contributed by atoms with E-state index in [1.807, 2.05) is 0 Å². The molecular weight excluding hydrogens is 378 g/mol. The van der Waals surface area contributed by atoms with E-state index in [-0.39, 0.29) is 11.5 Å². The van der Waals surface area contributed by atoms with E-state index in [9.17, 15) is 9.59 Å². The Hall–Kier alpha value is -3.38. The van der Waals surface area contributed by atoms with Gasteiger partial charge in [0.15, 0.2) is 11.6 Å². The minimum absolute atomic E-state index is 0.101. The predicted molar refractivity (Wildman–Crippen MR) is 106 cm³/mol. The summed E-state index contributed by atoms with van der Waals surface area (Å²) in [6.45, 7) is 10.7. The number of methoxy groups -OCH3 is 1. The van der Waals surface area contributed by atoms with Crippen molar-refractivity contribution in [3.8, 4) is 17.1 Å². The van der Waals surface area contributed by atoms with Crippen LogP contribution in [-0.4, -0.2) is 40.2 Å². The monoisotopic (exact) mass is 395 g/mol. The van der Waals surface area contributed by atoms with Crippen LogP contribution in [-0.2, 0) is 9.59 Å². The Labute approximate surface area is 166 Å². The third-order valence-corrected chi connectivity index (χ3v) is 5.00. The van der Waals surface area contributed by atoms with E-state index in [1.54, 1.807) is 51.5 Å². The van der Waals surface area contributed by atoms with Crippen LogP contribution in [0.2, 0.25) is 0 Å². The van der Waals surface area contributed by atoms with Crippen LogP contribution < -0.4 is 10.2 Å². The van der Waals surface area contributed by atoms with E-state index in [0.29, 0.717) is 33.3 Å². The summed E-state index contributed by atoms with van der Waals surface area (Å²) in [5.74, 6) is 0.226. The van der Waals surface area contributed by atoms with Crippen molar-refractivity contribution in [2.24, 2.45) is 0 Å². The molecule has 1 aliphatic heterocycles. The SMILES string of the molecule is [C-]#[N+]c1c(NN2C(=O)C(C)=C(C)C2=O)nc(-c2ccc(OC)cc2)nc1SC. The highest BCUT2D eigenvalue weighted by atomic mass is 32.2. The lowest BCUT2D eigenvalue weighted by Crippen LogP contribution is -2.37. The molecule has 3 rings (SSSR count). The molecule has 1 aliphatic rings. The number of carbonyl (C=O) groups excluding carboxylic acids is 2. The number of rotatable bonds is 5. The highest BCUT2D eigenvalue weighted by molar-refractivity contribution is 7.98. The first-order valence-electron chi connectivity index (χ1n) is 8.22. The molecule has 1 aromatic heterocycles. The molecule has 2 amide bonds. The zero-order valence-corrected chi connectivity index (χ0v) is 16.5. The topological polar surface area (TPSA) is 88.8 Å². The number of hydrazine groups is 1. The molecule has 2 heterocycles. The maximum Gasteiger partial charge on any atom is 0.275 e. The Kier molecular flexibility index (Phi) is 5.33. The molecule has 0 atom stereocenters. The third kappa shape index (κ3) is 3.30. The molecule has 0 aliphatic carbocycles. The van der Waals surface area contributed by atoms with Crippen molar-refractivity contribution < 1.29 is 14.3 Å². The lowest BCUT2D eigenvalue weighted by Gasteiger charge is -2.19. The molecule has 28 heavy (non-hydrogen) atoms. The molecule has 2 aromatic rings. The molecule has 9 heteroatoms. The molecule has 0 saturated heterocycles. The normalized spacial score (nSPS) is 13.8. The molecule has 8 nitrogen and oxygen atoms in total. The summed E-state index contributed by atoms with van der Waals surface area (Å²) in [7, 11) is 1.58. The number of hydrogen-bond acceptors (Lipinski definition) is 7. The minimum atomic E-state index is -0.464. The molecule has 142 valence electrons. The highest BCUT2D eigenvalue weighted by Crippen LogP contribution is 2.36. The van der Waals surface area contributed by atoms with Gasteiger partial charge in [-0.25, -0.2) is 14.8 Å². The number of anilines is 1. The summed E-state index contributed by atoms with van der Waals surface area (Å²) in [5.41, 5.74) is 4.29. The Morgan fingerprint density at radius 2 is 1.71 bits per heavy atom. The van der Waals surface area contributed by atoms with Gasteiger partial charge in [-0.3, -0.25) is 15.0 Å². The van der Waals surface area contributed by atoms with E-state index >= 15 is 0 Å². The Morgan fingerprint density at radius 1 is 1.11 bits per heavy atom. The molecule has 1 N–H and O–H groups in total. The number of amides is 2. The maximum absolute atomic E-state index is 12.4. The van der Waals surface area contributed by atoms with Crippen molar-refractivity contribution >= 4 is 35.1 Å². The summed E-state index contributed by atoms with van der Waals surface area (Å²) < 4.78 is 5.16. The van der Waals surface area contributed by atoms with E-state index in [1.165, 1.54) is 11.8 Å². The van der Waals surface area contributed by atoms with Crippen LogP contribution >= 0.6 is 11.8 Å². The molecule has 0 radical (unpaired) electrons. The minimum Gasteiger partial charge on any atom is -0.497 e. The molecule has 0 fully saturated rings. The first kappa shape index (κ1) is 19.4. The van der Waals surface area contributed by atoms with Crippen molar-refractivity contribution in [2.45, 2.75) is 18.9 Å². The van der Waals surface area contributed by atoms with Gasteiger partial charge in [0.05, 0.1) is 13.7 Å². The predicted octanol–water partition coefficient (Wildman–Crippen LogP) is 3.46. The summed E-state index contributed by atoms with van der Waals surface area (Å²) >= 11 is 1.28. The maximum atomic E-state index is 12.4. The molecule has 1 aromatic carbocycles. The van der Waals surface area contributed by atoms with Gasteiger partial charge in [0.1, 0.15) is 10.8 Å². The second-order valence-electron chi connectivity index (χ2n) is 5.90. The van der Waals surface area contributed by atoms with Crippen molar-refractivity contribution in [3.63, 3.8) is 0 Å². The van der Waals surface area contributed by atoms with Crippen LogP contribution in [0.5, 0.6) is 5.75 Å². The first-order chi connectivity index (χ1) is 13.4. The van der Waals surface area contributed by atoms with Crippen LogP contribution in [0.15, 0.2) is 40.4 Å². The Morgan fingerprint density at radius 3 is 2.21 bits per heavy atom. The van der Waals surface area contributed by atoms with Gasteiger partial charge >= 0.3 is 0 Å². The van der Waals surface area contributed by atoms with E-state index < -0.39 is 11.8 Å².